The van der Waals surface area contributed by atoms with Gasteiger partial charge in [0.1, 0.15) is 0 Å². The maximum Gasteiger partial charge on any atom is 0.0701 e. The summed E-state index contributed by atoms with van der Waals surface area (Å²) < 4.78 is 0. The molecule has 0 aliphatic carbocycles. The maximum atomic E-state index is 4.18. The van der Waals surface area contributed by atoms with E-state index in [0.717, 1.165) is 5.52 Å². The smallest absolute Gasteiger partial charge is 0.0701 e. The molecule has 0 aliphatic heterocycles. The first-order valence-corrected chi connectivity index (χ1v) is 3.26. The van der Waals surface area contributed by atoms with Gasteiger partial charge in [-0.1, -0.05) is 24.3 Å². The van der Waals surface area contributed by atoms with Crippen molar-refractivity contribution < 1.29 is 32.7 Å². The Morgan fingerprint density at radius 1 is 0.917 bits per heavy atom. The molecule has 0 atom stereocenters. The second-order valence-electron chi connectivity index (χ2n) is 2.20. The number of hydrogen-bond donors (Lipinski definition) is 0. The average molecular weight is 233 g/mol. The summed E-state index contributed by atoms with van der Waals surface area (Å²) in [6.07, 6.45) is 1.81. The Hall–Kier alpha value is -0.266. The molecule has 12 heavy (non-hydrogen) atoms. The fourth-order valence-corrected chi connectivity index (χ4v) is 1.02. The minimum absolute atomic E-state index is 0. The van der Waals surface area contributed by atoms with E-state index < -0.39 is 0 Å². The van der Waals surface area contributed by atoms with Crippen molar-refractivity contribution in [1.82, 2.24) is 4.98 Å². The van der Waals surface area contributed by atoms with Gasteiger partial charge in [0.2, 0.25) is 0 Å². The molecule has 1 aromatic carbocycles. The molecule has 0 fully saturated rings. The van der Waals surface area contributed by atoms with Gasteiger partial charge in [0.05, 0.1) is 5.52 Å². The minimum atomic E-state index is 0. The summed E-state index contributed by atoms with van der Waals surface area (Å²) in [4.78, 5) is 4.18. The fraction of sp³-hybridized carbons (Fsp3) is 0. The molecule has 59 valence electrons. The van der Waals surface area contributed by atoms with Crippen LogP contribution < -0.4 is 0 Å². The average Bonchev–Trinajstić information content (AvgIpc) is 2.05. The summed E-state index contributed by atoms with van der Waals surface area (Å²) in [6.45, 7) is 0. The van der Waals surface area contributed by atoms with Gasteiger partial charge in [-0.3, -0.25) is 4.98 Å². The van der Waals surface area contributed by atoms with Crippen molar-refractivity contribution in [3.63, 3.8) is 0 Å². The fourth-order valence-electron chi connectivity index (χ4n) is 1.02. The topological polar surface area (TPSA) is 12.9 Å². The molecule has 0 N–H and O–H groups in total. The molecule has 0 saturated heterocycles. The summed E-state index contributed by atoms with van der Waals surface area (Å²) in [5.41, 5.74) is 1.06. The second-order valence-corrected chi connectivity index (χ2v) is 2.20. The normalized spacial score (nSPS) is 8.33. The zero-order chi connectivity index (χ0) is 6.81. The van der Waals surface area contributed by atoms with Gasteiger partial charge < -0.3 is 7.43 Å². The van der Waals surface area contributed by atoms with Gasteiger partial charge in [-0.15, -0.1) is 0 Å². The van der Waals surface area contributed by atoms with Crippen LogP contribution in [-0.2, 0) is 32.7 Å². The van der Waals surface area contributed by atoms with Gasteiger partial charge in [-0.05, 0) is 12.1 Å². The Labute approximate surface area is 98.1 Å². The summed E-state index contributed by atoms with van der Waals surface area (Å²) in [5, 5.41) is 1.20. The van der Waals surface area contributed by atoms with Gasteiger partial charge in [-0.2, -0.15) is 0 Å². The van der Waals surface area contributed by atoms with Crippen molar-refractivity contribution in [2.24, 2.45) is 0 Å². The molecule has 1 aromatic heterocycles. The third-order valence-corrected chi connectivity index (χ3v) is 1.51. The van der Waals surface area contributed by atoms with E-state index in [2.05, 4.69) is 17.1 Å². The number of hydrogen-bond acceptors (Lipinski definition) is 1. The first kappa shape index (κ1) is 11.7. The number of rotatable bonds is 0. The Kier molecular flexibility index (Phi) is 5.27. The number of benzene rings is 1. The molecular formula is C10H10NY-. The van der Waals surface area contributed by atoms with Gasteiger partial charge in [0.15, 0.2) is 0 Å². The van der Waals surface area contributed by atoms with Crippen LogP contribution in [0.5, 0.6) is 0 Å². The molecule has 0 bridgehead atoms. The van der Waals surface area contributed by atoms with Crippen LogP contribution >= 0.6 is 0 Å². The molecule has 0 saturated carbocycles. The van der Waals surface area contributed by atoms with Crippen molar-refractivity contribution in [3.8, 4) is 0 Å². The van der Waals surface area contributed by atoms with Crippen LogP contribution in [0.4, 0.5) is 0 Å². The van der Waals surface area contributed by atoms with Gasteiger partial charge in [-0.25, -0.2) is 0 Å². The van der Waals surface area contributed by atoms with E-state index in [1.54, 1.807) is 0 Å². The number of para-hydroxylation sites is 1. The van der Waals surface area contributed by atoms with E-state index in [1.165, 1.54) is 5.39 Å². The predicted octanol–water partition coefficient (Wildman–Crippen LogP) is 2.68. The van der Waals surface area contributed by atoms with Crippen molar-refractivity contribution in [3.05, 3.63) is 50.0 Å². The van der Waals surface area contributed by atoms with E-state index >= 15 is 0 Å². The molecule has 1 radical (unpaired) electrons. The SMILES string of the molecule is [CH3-].[Y].c1ccc2ncccc2c1. The quantitative estimate of drug-likeness (QED) is 0.637. The van der Waals surface area contributed by atoms with Crippen LogP contribution in [0.25, 0.3) is 10.9 Å². The van der Waals surface area contributed by atoms with Gasteiger partial charge in [0.25, 0.3) is 0 Å². The Morgan fingerprint density at radius 3 is 2.33 bits per heavy atom. The standard InChI is InChI=1S/C9H7N.CH3.Y/c1-2-6-9-8(4-1)5-3-7-10-9;;/h1-7H;1H3;/q;-1;. The second kappa shape index (κ2) is 5.39. The molecule has 0 aliphatic rings. The number of pyridine rings is 1. The largest absolute Gasteiger partial charge is 0.358 e. The van der Waals surface area contributed by atoms with Crippen LogP contribution in [0.3, 0.4) is 0 Å². The summed E-state index contributed by atoms with van der Waals surface area (Å²) in [6, 6.07) is 12.1. The summed E-state index contributed by atoms with van der Waals surface area (Å²) in [5.74, 6) is 0. The van der Waals surface area contributed by atoms with E-state index in [0.29, 0.717) is 0 Å². The Bertz CT molecular complexity index is 281. The van der Waals surface area contributed by atoms with Crippen LogP contribution in [0.2, 0.25) is 0 Å². The van der Waals surface area contributed by atoms with E-state index in [4.69, 9.17) is 0 Å². The van der Waals surface area contributed by atoms with Crippen LogP contribution in [0, 0.1) is 7.43 Å². The zero-order valence-electron chi connectivity index (χ0n) is 7.07. The monoisotopic (exact) mass is 233 g/mol. The molecular weight excluding hydrogens is 223 g/mol. The zero-order valence-corrected chi connectivity index (χ0v) is 9.90. The summed E-state index contributed by atoms with van der Waals surface area (Å²) in [7, 11) is 0. The minimum Gasteiger partial charge on any atom is -0.358 e. The van der Waals surface area contributed by atoms with Crippen molar-refractivity contribution in [2.45, 2.75) is 0 Å². The van der Waals surface area contributed by atoms with Crippen molar-refractivity contribution >= 4 is 10.9 Å². The third kappa shape index (κ3) is 2.36. The third-order valence-electron chi connectivity index (χ3n) is 1.51. The Morgan fingerprint density at radius 2 is 1.58 bits per heavy atom. The molecule has 0 unspecified atom stereocenters. The number of aromatic nitrogens is 1. The van der Waals surface area contributed by atoms with Gasteiger partial charge >= 0.3 is 0 Å². The van der Waals surface area contributed by atoms with Gasteiger partial charge in [0, 0.05) is 44.3 Å². The predicted molar refractivity (Wildman–Crippen MR) is 48.2 cm³/mol. The molecule has 2 heteroatoms. The molecule has 0 amide bonds. The van der Waals surface area contributed by atoms with E-state index in [-0.39, 0.29) is 40.1 Å². The molecule has 0 spiro atoms. The first-order valence-electron chi connectivity index (χ1n) is 3.26. The Balaban J connectivity index is 0.000000605. The van der Waals surface area contributed by atoms with E-state index in [9.17, 15) is 0 Å². The van der Waals surface area contributed by atoms with Crippen molar-refractivity contribution in [2.75, 3.05) is 0 Å². The van der Waals surface area contributed by atoms with Crippen LogP contribution in [0.15, 0.2) is 42.6 Å². The van der Waals surface area contributed by atoms with Crippen LogP contribution in [0.1, 0.15) is 0 Å². The first-order chi connectivity index (χ1) is 4.97. The van der Waals surface area contributed by atoms with Crippen molar-refractivity contribution in [1.29, 1.82) is 0 Å². The number of fused-ring (bicyclic) bond motifs is 1. The molecule has 1 nitrogen and oxygen atoms in total. The molecule has 1 heterocycles. The molecule has 2 aromatic rings. The van der Waals surface area contributed by atoms with Crippen LogP contribution in [-0.4, -0.2) is 4.98 Å². The maximum absolute atomic E-state index is 4.18. The number of nitrogens with zero attached hydrogens (tertiary/aromatic N) is 1. The molecule has 2 rings (SSSR count). The van der Waals surface area contributed by atoms with E-state index in [1.807, 2.05) is 30.5 Å². The summed E-state index contributed by atoms with van der Waals surface area (Å²) >= 11 is 0.